The summed E-state index contributed by atoms with van der Waals surface area (Å²) < 4.78 is 43.5. The molecule has 19 heavy (non-hydrogen) atoms. The normalized spacial score (nSPS) is 14.3. The number of para-hydroxylation sites is 1. The van der Waals surface area contributed by atoms with E-state index in [1.165, 1.54) is 19.1 Å². The first kappa shape index (κ1) is 14.8. The highest BCUT2D eigenvalue weighted by Crippen LogP contribution is 2.37. The second kappa shape index (κ2) is 5.18. The van der Waals surface area contributed by atoms with Gasteiger partial charge in [0.2, 0.25) is 0 Å². The van der Waals surface area contributed by atoms with E-state index < -0.39 is 28.9 Å². The molecule has 1 atom stereocenters. The summed E-state index contributed by atoms with van der Waals surface area (Å²) in [7, 11) is 0. The average Bonchev–Trinajstić information content (AvgIpc) is 2.28. The molecule has 0 aliphatic carbocycles. The van der Waals surface area contributed by atoms with Gasteiger partial charge in [0.1, 0.15) is 11.6 Å². The first-order valence-electron chi connectivity index (χ1n) is 5.27. The van der Waals surface area contributed by atoms with Crippen molar-refractivity contribution in [2.75, 3.05) is 0 Å². The highest BCUT2D eigenvalue weighted by molar-refractivity contribution is 5.86. The number of rotatable bonds is 4. The summed E-state index contributed by atoms with van der Waals surface area (Å²) in [5, 5.41) is 16.0. The maximum absolute atomic E-state index is 12.8. The van der Waals surface area contributed by atoms with Crippen LogP contribution in [0.2, 0.25) is 0 Å². The van der Waals surface area contributed by atoms with Crippen LogP contribution >= 0.6 is 0 Å². The molecule has 1 aromatic rings. The van der Waals surface area contributed by atoms with E-state index in [2.05, 4.69) is 0 Å². The molecule has 0 heterocycles. The second-order valence-electron chi connectivity index (χ2n) is 4.08. The Bertz CT molecular complexity index is 522. The molecule has 0 aliphatic rings. The Morgan fingerprint density at radius 1 is 1.42 bits per heavy atom. The van der Waals surface area contributed by atoms with Gasteiger partial charge in [-0.15, -0.1) is 0 Å². The molecule has 1 aromatic carbocycles. The molecule has 0 amide bonds. The van der Waals surface area contributed by atoms with Gasteiger partial charge in [0.15, 0.2) is 5.60 Å². The SMILES string of the molecule is CC(CC#N)(Oc1ccccc1C(F)(F)F)C(=N)N. The van der Waals surface area contributed by atoms with Crippen molar-refractivity contribution in [2.45, 2.75) is 25.1 Å². The van der Waals surface area contributed by atoms with Gasteiger partial charge in [-0.2, -0.15) is 18.4 Å². The first-order valence-corrected chi connectivity index (χ1v) is 5.27. The number of hydrogen-bond acceptors (Lipinski definition) is 3. The Kier molecular flexibility index (Phi) is 4.04. The molecule has 0 spiro atoms. The highest BCUT2D eigenvalue weighted by atomic mass is 19.4. The summed E-state index contributed by atoms with van der Waals surface area (Å²) in [6.45, 7) is 1.30. The standard InChI is InChI=1S/C12H12F3N3O/c1-11(6-7-16,10(17)18)19-9-5-3-2-4-8(9)12(13,14)15/h2-5H,6H2,1H3,(H3,17,18). The Morgan fingerprint density at radius 3 is 2.47 bits per heavy atom. The van der Waals surface area contributed by atoms with Crippen LogP contribution in [0.4, 0.5) is 13.2 Å². The molecular formula is C12H12F3N3O. The number of halogens is 3. The number of benzene rings is 1. The van der Waals surface area contributed by atoms with Gasteiger partial charge in [-0.1, -0.05) is 12.1 Å². The molecule has 1 rings (SSSR count). The van der Waals surface area contributed by atoms with E-state index in [4.69, 9.17) is 21.1 Å². The van der Waals surface area contributed by atoms with Gasteiger partial charge in [-0.3, -0.25) is 5.41 Å². The zero-order valence-electron chi connectivity index (χ0n) is 10.1. The molecule has 0 bridgehead atoms. The Morgan fingerprint density at radius 2 is 2.00 bits per heavy atom. The monoisotopic (exact) mass is 271 g/mol. The van der Waals surface area contributed by atoms with E-state index in [1.54, 1.807) is 6.07 Å². The molecule has 0 fully saturated rings. The van der Waals surface area contributed by atoms with E-state index in [-0.39, 0.29) is 6.42 Å². The molecule has 4 nitrogen and oxygen atoms in total. The van der Waals surface area contributed by atoms with Crippen LogP contribution in [0.3, 0.4) is 0 Å². The van der Waals surface area contributed by atoms with Crippen molar-refractivity contribution in [1.29, 1.82) is 10.7 Å². The number of amidine groups is 1. The first-order chi connectivity index (χ1) is 8.70. The maximum atomic E-state index is 12.8. The van der Waals surface area contributed by atoms with E-state index in [0.29, 0.717) is 0 Å². The predicted molar refractivity (Wildman–Crippen MR) is 62.6 cm³/mol. The lowest BCUT2D eigenvalue weighted by molar-refractivity contribution is -0.139. The van der Waals surface area contributed by atoms with Crippen LogP contribution in [0.15, 0.2) is 24.3 Å². The Balaban J connectivity index is 3.19. The number of nitrogens with zero attached hydrogens (tertiary/aromatic N) is 1. The van der Waals surface area contributed by atoms with Crippen molar-refractivity contribution in [3.63, 3.8) is 0 Å². The van der Waals surface area contributed by atoms with Gasteiger partial charge in [0.05, 0.1) is 18.1 Å². The fourth-order valence-electron chi connectivity index (χ4n) is 1.37. The van der Waals surface area contributed by atoms with Crippen LogP contribution in [0.1, 0.15) is 18.9 Å². The fraction of sp³-hybridized carbons (Fsp3) is 0.333. The third-order valence-electron chi connectivity index (χ3n) is 2.51. The molecule has 0 aromatic heterocycles. The van der Waals surface area contributed by atoms with Crippen LogP contribution in [0.25, 0.3) is 0 Å². The van der Waals surface area contributed by atoms with E-state index in [9.17, 15) is 13.2 Å². The summed E-state index contributed by atoms with van der Waals surface area (Å²) in [6.07, 6.45) is -4.91. The lowest BCUT2D eigenvalue weighted by Crippen LogP contribution is -2.45. The van der Waals surface area contributed by atoms with Gasteiger partial charge < -0.3 is 10.5 Å². The molecule has 102 valence electrons. The van der Waals surface area contributed by atoms with E-state index >= 15 is 0 Å². The van der Waals surface area contributed by atoms with Crippen LogP contribution in [0.5, 0.6) is 5.75 Å². The average molecular weight is 271 g/mol. The van der Waals surface area contributed by atoms with Crippen LogP contribution in [0, 0.1) is 16.7 Å². The van der Waals surface area contributed by atoms with E-state index in [0.717, 1.165) is 12.1 Å². The summed E-state index contributed by atoms with van der Waals surface area (Å²) >= 11 is 0. The van der Waals surface area contributed by atoms with Gasteiger partial charge in [-0.25, -0.2) is 0 Å². The predicted octanol–water partition coefficient (Wildman–Crippen LogP) is 2.69. The number of ether oxygens (including phenoxy) is 1. The van der Waals surface area contributed by atoms with Crippen molar-refractivity contribution < 1.29 is 17.9 Å². The fourth-order valence-corrected chi connectivity index (χ4v) is 1.37. The summed E-state index contributed by atoms with van der Waals surface area (Å²) in [5.41, 5.74) is 2.73. The summed E-state index contributed by atoms with van der Waals surface area (Å²) in [4.78, 5) is 0. The number of alkyl halides is 3. The van der Waals surface area contributed by atoms with Crippen LogP contribution in [-0.2, 0) is 6.18 Å². The van der Waals surface area contributed by atoms with Crippen molar-refractivity contribution >= 4 is 5.84 Å². The van der Waals surface area contributed by atoms with Crippen LogP contribution in [-0.4, -0.2) is 11.4 Å². The Hall–Kier alpha value is -2.23. The van der Waals surface area contributed by atoms with Crippen molar-refractivity contribution in [3.8, 4) is 11.8 Å². The zero-order valence-corrected chi connectivity index (χ0v) is 10.1. The van der Waals surface area contributed by atoms with E-state index in [1.807, 2.05) is 0 Å². The topological polar surface area (TPSA) is 82.9 Å². The number of nitrogens with one attached hydrogen (secondary N) is 1. The van der Waals surface area contributed by atoms with Gasteiger partial charge in [0.25, 0.3) is 0 Å². The van der Waals surface area contributed by atoms with Crippen LogP contribution < -0.4 is 10.5 Å². The van der Waals surface area contributed by atoms with Gasteiger partial charge in [0, 0.05) is 0 Å². The van der Waals surface area contributed by atoms with Gasteiger partial charge in [-0.05, 0) is 19.1 Å². The van der Waals surface area contributed by atoms with Crippen molar-refractivity contribution in [3.05, 3.63) is 29.8 Å². The molecule has 0 aliphatic heterocycles. The molecular weight excluding hydrogens is 259 g/mol. The lowest BCUT2D eigenvalue weighted by atomic mass is 10.0. The molecule has 3 N–H and O–H groups in total. The number of nitrogens with two attached hydrogens (primary N) is 1. The largest absolute Gasteiger partial charge is 0.478 e. The highest BCUT2D eigenvalue weighted by Gasteiger charge is 2.37. The Labute approximate surface area is 108 Å². The minimum absolute atomic E-state index is 0.325. The van der Waals surface area contributed by atoms with Gasteiger partial charge >= 0.3 is 6.18 Å². The summed E-state index contributed by atoms with van der Waals surface area (Å²) in [6, 6.07) is 6.33. The minimum Gasteiger partial charge on any atom is -0.478 e. The minimum atomic E-state index is -4.58. The zero-order chi connectivity index (χ0) is 14.7. The maximum Gasteiger partial charge on any atom is 0.419 e. The number of hydrogen-bond donors (Lipinski definition) is 2. The molecule has 0 saturated carbocycles. The molecule has 7 heteroatoms. The second-order valence-corrected chi connectivity index (χ2v) is 4.08. The third kappa shape index (κ3) is 3.37. The summed E-state index contributed by atoms with van der Waals surface area (Å²) in [5.74, 6) is -0.964. The third-order valence-corrected chi connectivity index (χ3v) is 2.51. The van der Waals surface area contributed by atoms with Crippen molar-refractivity contribution in [1.82, 2.24) is 0 Å². The van der Waals surface area contributed by atoms with Crippen molar-refractivity contribution in [2.24, 2.45) is 5.73 Å². The number of nitriles is 1. The lowest BCUT2D eigenvalue weighted by Gasteiger charge is -2.28. The smallest absolute Gasteiger partial charge is 0.419 e. The molecule has 0 saturated heterocycles. The quantitative estimate of drug-likeness (QED) is 0.652. The molecule has 1 unspecified atom stereocenters. The molecule has 0 radical (unpaired) electrons.